The Kier molecular flexibility index (Phi) is 7.04. The Hall–Kier alpha value is -2.60. The van der Waals surface area contributed by atoms with Crippen molar-refractivity contribution in [2.45, 2.75) is 0 Å². The van der Waals surface area contributed by atoms with E-state index in [1.54, 1.807) is 0 Å². The summed E-state index contributed by atoms with van der Waals surface area (Å²) < 4.78 is 16.2. The van der Waals surface area contributed by atoms with Gasteiger partial charge in [0, 0.05) is 5.69 Å². The van der Waals surface area contributed by atoms with Crippen molar-refractivity contribution in [2.75, 3.05) is 45.4 Å². The summed E-state index contributed by atoms with van der Waals surface area (Å²) in [4.78, 5) is 0. The molecule has 0 saturated carbocycles. The van der Waals surface area contributed by atoms with Gasteiger partial charge >= 0.3 is 0 Å². The maximum Gasteiger partial charge on any atom is 0.119 e. The van der Waals surface area contributed by atoms with Gasteiger partial charge in [0.15, 0.2) is 0 Å². The van der Waals surface area contributed by atoms with Crippen LogP contribution in [0.3, 0.4) is 0 Å². The summed E-state index contributed by atoms with van der Waals surface area (Å²) in [5.41, 5.74) is 8.91. The molecule has 0 aliphatic carbocycles. The molecule has 3 aromatic carbocycles. The number of anilines is 1. The Morgan fingerprint density at radius 2 is 1.30 bits per heavy atom. The molecule has 3 N–H and O–H groups in total. The van der Waals surface area contributed by atoms with E-state index in [-0.39, 0.29) is 6.61 Å². The van der Waals surface area contributed by atoms with E-state index >= 15 is 0 Å². The molecule has 27 heavy (non-hydrogen) atoms. The highest BCUT2D eigenvalue weighted by Gasteiger charge is 2.02. The molecule has 5 nitrogen and oxygen atoms in total. The van der Waals surface area contributed by atoms with Crippen molar-refractivity contribution in [3.05, 3.63) is 60.7 Å². The van der Waals surface area contributed by atoms with Crippen LogP contribution in [0.5, 0.6) is 5.75 Å². The van der Waals surface area contributed by atoms with E-state index in [2.05, 4.69) is 30.3 Å². The fourth-order valence-corrected chi connectivity index (χ4v) is 2.79. The third kappa shape index (κ3) is 5.69. The normalized spacial score (nSPS) is 11.0. The molecule has 0 radical (unpaired) electrons. The van der Waals surface area contributed by atoms with Gasteiger partial charge in [0.25, 0.3) is 0 Å². The van der Waals surface area contributed by atoms with Crippen LogP contribution in [0.15, 0.2) is 60.7 Å². The molecule has 0 fully saturated rings. The Morgan fingerprint density at radius 3 is 2.07 bits per heavy atom. The first-order valence-electron chi connectivity index (χ1n) is 9.05. The molecule has 0 atom stereocenters. The lowest BCUT2D eigenvalue weighted by molar-refractivity contribution is 0.0247. The second-order valence-electron chi connectivity index (χ2n) is 6.14. The maximum atomic E-state index is 8.59. The second-order valence-corrected chi connectivity index (χ2v) is 6.14. The number of nitrogen functional groups attached to an aromatic ring is 1. The van der Waals surface area contributed by atoms with E-state index < -0.39 is 0 Å². The molecule has 0 bridgehead atoms. The number of nitrogens with two attached hydrogens (primary N) is 1. The van der Waals surface area contributed by atoms with Crippen molar-refractivity contribution in [3.63, 3.8) is 0 Å². The Bertz CT molecular complexity index is 849. The first kappa shape index (κ1) is 19.2. The number of ether oxygens (including phenoxy) is 3. The lowest BCUT2D eigenvalue weighted by Crippen LogP contribution is -2.11. The number of hydrogen-bond acceptors (Lipinski definition) is 5. The quantitative estimate of drug-likeness (QED) is 0.424. The molecule has 142 valence electrons. The van der Waals surface area contributed by atoms with Crippen LogP contribution in [-0.2, 0) is 9.47 Å². The first-order valence-corrected chi connectivity index (χ1v) is 9.05. The van der Waals surface area contributed by atoms with Gasteiger partial charge in [-0.15, -0.1) is 0 Å². The number of aliphatic hydroxyl groups is 1. The predicted molar refractivity (Wildman–Crippen MR) is 108 cm³/mol. The van der Waals surface area contributed by atoms with E-state index in [4.69, 9.17) is 25.1 Å². The smallest absolute Gasteiger partial charge is 0.119 e. The average Bonchev–Trinajstić information content (AvgIpc) is 2.70. The van der Waals surface area contributed by atoms with Crippen molar-refractivity contribution in [3.8, 4) is 16.9 Å². The number of rotatable bonds is 10. The third-order valence-electron chi connectivity index (χ3n) is 4.16. The molecule has 0 aromatic heterocycles. The maximum absolute atomic E-state index is 8.59. The van der Waals surface area contributed by atoms with Gasteiger partial charge in [-0.2, -0.15) is 0 Å². The van der Waals surface area contributed by atoms with Crippen molar-refractivity contribution in [2.24, 2.45) is 0 Å². The summed E-state index contributed by atoms with van der Waals surface area (Å²) in [6.45, 7) is 2.34. The number of aliphatic hydroxyl groups excluding tert-OH is 1. The molecular formula is C22H25NO4. The molecule has 0 unspecified atom stereocenters. The first-order chi connectivity index (χ1) is 13.3. The van der Waals surface area contributed by atoms with Gasteiger partial charge in [-0.3, -0.25) is 0 Å². The minimum Gasteiger partial charge on any atom is -0.491 e. The molecule has 0 aliphatic heterocycles. The Labute approximate surface area is 159 Å². The molecule has 0 heterocycles. The van der Waals surface area contributed by atoms with E-state index in [0.717, 1.165) is 28.0 Å². The van der Waals surface area contributed by atoms with Crippen LogP contribution in [0.1, 0.15) is 0 Å². The largest absolute Gasteiger partial charge is 0.491 e. The number of hydrogen-bond donors (Lipinski definition) is 2. The molecule has 3 aromatic rings. The van der Waals surface area contributed by atoms with Crippen LogP contribution in [0.2, 0.25) is 0 Å². The highest BCUT2D eigenvalue weighted by Crippen LogP contribution is 2.27. The van der Waals surface area contributed by atoms with E-state index in [1.165, 1.54) is 5.39 Å². The number of benzene rings is 3. The van der Waals surface area contributed by atoms with Crippen LogP contribution in [0.25, 0.3) is 21.9 Å². The van der Waals surface area contributed by atoms with E-state index in [0.29, 0.717) is 33.0 Å². The molecule has 0 saturated heterocycles. The van der Waals surface area contributed by atoms with Gasteiger partial charge in [0.2, 0.25) is 0 Å². The zero-order chi connectivity index (χ0) is 18.9. The summed E-state index contributed by atoms with van der Waals surface area (Å²) in [6.07, 6.45) is 0. The minimum atomic E-state index is 0.0347. The standard InChI is InChI=1S/C22H25NO4/c23-21-6-3-19-15-18(1-2-20(19)16-21)17-4-7-22(8-5-17)27-14-13-26-12-11-25-10-9-24/h1-8,15-16,24H,9-14,23H2. The predicted octanol–water partition coefficient (Wildman–Crippen LogP) is 3.49. The summed E-state index contributed by atoms with van der Waals surface area (Å²) in [5.74, 6) is 0.812. The van der Waals surface area contributed by atoms with Gasteiger partial charge < -0.3 is 25.1 Å². The summed E-state index contributed by atoms with van der Waals surface area (Å²) in [5, 5.41) is 10.9. The third-order valence-corrected chi connectivity index (χ3v) is 4.16. The molecule has 0 amide bonds. The van der Waals surface area contributed by atoms with E-state index in [1.807, 2.05) is 30.3 Å². The Morgan fingerprint density at radius 1 is 0.667 bits per heavy atom. The van der Waals surface area contributed by atoms with Crippen LogP contribution < -0.4 is 10.5 Å². The van der Waals surface area contributed by atoms with Gasteiger partial charge in [-0.25, -0.2) is 0 Å². The van der Waals surface area contributed by atoms with Crippen molar-refractivity contribution in [1.82, 2.24) is 0 Å². The number of fused-ring (bicyclic) bond motifs is 1. The average molecular weight is 367 g/mol. The molecule has 3 rings (SSSR count). The van der Waals surface area contributed by atoms with Crippen molar-refractivity contribution >= 4 is 16.5 Å². The lowest BCUT2D eigenvalue weighted by atomic mass is 10.0. The summed E-state index contributed by atoms with van der Waals surface area (Å²) >= 11 is 0. The Balaban J connectivity index is 1.49. The van der Waals surface area contributed by atoms with Gasteiger partial charge in [-0.05, 0) is 52.2 Å². The monoisotopic (exact) mass is 367 g/mol. The topological polar surface area (TPSA) is 73.9 Å². The van der Waals surface area contributed by atoms with E-state index in [9.17, 15) is 0 Å². The van der Waals surface area contributed by atoms with Gasteiger partial charge in [-0.1, -0.05) is 30.3 Å². The van der Waals surface area contributed by atoms with Crippen molar-refractivity contribution < 1.29 is 19.3 Å². The van der Waals surface area contributed by atoms with Crippen LogP contribution in [0.4, 0.5) is 5.69 Å². The highest BCUT2D eigenvalue weighted by molar-refractivity contribution is 5.89. The molecule has 5 heteroatoms. The molecule has 0 aliphatic rings. The highest BCUT2D eigenvalue weighted by atomic mass is 16.5. The fraction of sp³-hybridized carbons (Fsp3) is 0.273. The van der Waals surface area contributed by atoms with Crippen molar-refractivity contribution in [1.29, 1.82) is 0 Å². The van der Waals surface area contributed by atoms with Gasteiger partial charge in [0.1, 0.15) is 12.4 Å². The van der Waals surface area contributed by atoms with Crippen LogP contribution in [0, 0.1) is 0 Å². The zero-order valence-corrected chi connectivity index (χ0v) is 15.3. The summed E-state index contributed by atoms with van der Waals surface area (Å²) in [6, 6.07) is 20.3. The van der Waals surface area contributed by atoms with Crippen LogP contribution in [-0.4, -0.2) is 44.7 Å². The SMILES string of the molecule is Nc1ccc2cc(-c3ccc(OCCOCCOCCO)cc3)ccc2c1. The zero-order valence-electron chi connectivity index (χ0n) is 15.3. The second kappa shape index (κ2) is 9.92. The molecular weight excluding hydrogens is 342 g/mol. The molecule has 0 spiro atoms. The van der Waals surface area contributed by atoms with Gasteiger partial charge in [0.05, 0.1) is 33.0 Å². The lowest BCUT2D eigenvalue weighted by Gasteiger charge is -2.09. The summed E-state index contributed by atoms with van der Waals surface area (Å²) in [7, 11) is 0. The minimum absolute atomic E-state index is 0.0347. The van der Waals surface area contributed by atoms with Crippen LogP contribution >= 0.6 is 0 Å². The fourth-order valence-electron chi connectivity index (χ4n) is 2.79.